The highest BCUT2D eigenvalue weighted by Gasteiger charge is 2.13. The maximum absolute atomic E-state index is 6.54. The first-order chi connectivity index (χ1) is 14.0. The predicted octanol–water partition coefficient (Wildman–Crippen LogP) is 7.65. The Balaban J connectivity index is 1.75. The van der Waals surface area contributed by atoms with E-state index in [-0.39, 0.29) is 0 Å². The number of hydrogen-bond acceptors (Lipinski definition) is 3. The first kappa shape index (κ1) is 21.8. The standard InChI is InChI=1S/C23H22BrCl2NO2/c1-3-28-22-12-17(13-27-21-9-6-18(24)10-15(21)2)11-20(26)23(22)29-14-16-4-7-19(25)8-5-16/h4-12,27H,3,13-14H2,1-2H3. The van der Waals surface area contributed by atoms with Crippen molar-refractivity contribution in [2.75, 3.05) is 11.9 Å². The van der Waals surface area contributed by atoms with E-state index in [4.69, 9.17) is 32.7 Å². The van der Waals surface area contributed by atoms with Gasteiger partial charge in [-0.3, -0.25) is 0 Å². The Kier molecular flexibility index (Phi) is 7.70. The summed E-state index contributed by atoms with van der Waals surface area (Å²) in [7, 11) is 0. The molecule has 29 heavy (non-hydrogen) atoms. The minimum Gasteiger partial charge on any atom is -0.490 e. The Bertz CT molecular complexity index is 977. The number of nitrogens with one attached hydrogen (secondary N) is 1. The Morgan fingerprint density at radius 2 is 1.69 bits per heavy atom. The van der Waals surface area contributed by atoms with E-state index in [1.807, 2.05) is 55.5 Å². The van der Waals surface area contributed by atoms with Crippen molar-refractivity contribution in [3.05, 3.63) is 85.8 Å². The lowest BCUT2D eigenvalue weighted by Crippen LogP contribution is -2.04. The van der Waals surface area contributed by atoms with E-state index >= 15 is 0 Å². The molecule has 3 rings (SSSR count). The van der Waals surface area contributed by atoms with Crippen LogP contribution in [0, 0.1) is 6.92 Å². The Hall–Kier alpha value is -1.88. The molecule has 0 atom stereocenters. The van der Waals surface area contributed by atoms with Crippen LogP contribution in [0.15, 0.2) is 59.1 Å². The van der Waals surface area contributed by atoms with Crippen LogP contribution in [0.3, 0.4) is 0 Å². The normalized spacial score (nSPS) is 10.7. The summed E-state index contributed by atoms with van der Waals surface area (Å²) in [6.45, 7) is 5.54. The molecular formula is C23H22BrCl2NO2. The summed E-state index contributed by atoms with van der Waals surface area (Å²) in [5, 5.41) is 4.66. The highest BCUT2D eigenvalue weighted by Crippen LogP contribution is 2.37. The van der Waals surface area contributed by atoms with Crippen molar-refractivity contribution in [2.24, 2.45) is 0 Å². The van der Waals surface area contributed by atoms with E-state index in [0.717, 1.165) is 21.3 Å². The molecule has 0 unspecified atom stereocenters. The molecule has 0 aliphatic heterocycles. The van der Waals surface area contributed by atoms with Crippen molar-refractivity contribution < 1.29 is 9.47 Å². The maximum atomic E-state index is 6.54. The lowest BCUT2D eigenvalue weighted by Gasteiger charge is -2.16. The zero-order valence-electron chi connectivity index (χ0n) is 16.3. The molecule has 0 radical (unpaired) electrons. The number of hydrogen-bond donors (Lipinski definition) is 1. The van der Waals surface area contributed by atoms with E-state index in [2.05, 4.69) is 34.2 Å². The lowest BCUT2D eigenvalue weighted by molar-refractivity contribution is 0.269. The van der Waals surface area contributed by atoms with Crippen LogP contribution in [-0.2, 0) is 13.2 Å². The minimum absolute atomic E-state index is 0.382. The van der Waals surface area contributed by atoms with Gasteiger partial charge in [-0.15, -0.1) is 0 Å². The Morgan fingerprint density at radius 3 is 2.38 bits per heavy atom. The van der Waals surface area contributed by atoms with Crippen molar-refractivity contribution in [2.45, 2.75) is 27.0 Å². The number of benzene rings is 3. The van der Waals surface area contributed by atoms with E-state index in [1.165, 1.54) is 5.56 Å². The molecule has 3 aromatic rings. The number of halogens is 3. The third kappa shape index (κ3) is 6.05. The molecule has 0 saturated carbocycles. The van der Waals surface area contributed by atoms with Crippen LogP contribution in [-0.4, -0.2) is 6.61 Å². The molecule has 1 N–H and O–H groups in total. The van der Waals surface area contributed by atoms with Crippen molar-refractivity contribution >= 4 is 44.8 Å². The molecule has 3 nitrogen and oxygen atoms in total. The maximum Gasteiger partial charge on any atom is 0.180 e. The molecular weight excluding hydrogens is 473 g/mol. The quantitative estimate of drug-likeness (QED) is 0.348. The van der Waals surface area contributed by atoms with Crippen LogP contribution < -0.4 is 14.8 Å². The molecule has 0 aliphatic carbocycles. The third-order valence-corrected chi connectivity index (χ3v) is 5.36. The second kappa shape index (κ2) is 10.2. The fourth-order valence-electron chi connectivity index (χ4n) is 2.89. The molecule has 0 aromatic heterocycles. The fraction of sp³-hybridized carbons (Fsp3) is 0.217. The summed E-state index contributed by atoms with van der Waals surface area (Å²) in [4.78, 5) is 0. The summed E-state index contributed by atoms with van der Waals surface area (Å²) in [5.74, 6) is 1.19. The molecule has 0 saturated heterocycles. The summed E-state index contributed by atoms with van der Waals surface area (Å²) in [5.41, 5.74) is 4.26. The highest BCUT2D eigenvalue weighted by molar-refractivity contribution is 9.10. The van der Waals surface area contributed by atoms with Gasteiger partial charge in [0, 0.05) is 21.7 Å². The fourth-order valence-corrected chi connectivity index (χ4v) is 3.77. The van der Waals surface area contributed by atoms with Crippen LogP contribution in [0.4, 0.5) is 5.69 Å². The van der Waals surface area contributed by atoms with E-state index < -0.39 is 0 Å². The highest BCUT2D eigenvalue weighted by atomic mass is 79.9. The van der Waals surface area contributed by atoms with Gasteiger partial charge in [0.2, 0.25) is 0 Å². The number of ether oxygens (including phenoxy) is 2. The average molecular weight is 495 g/mol. The van der Waals surface area contributed by atoms with Gasteiger partial charge in [-0.2, -0.15) is 0 Å². The molecule has 0 amide bonds. The van der Waals surface area contributed by atoms with Crippen LogP contribution in [0.5, 0.6) is 11.5 Å². The lowest BCUT2D eigenvalue weighted by atomic mass is 10.1. The molecule has 0 fully saturated rings. The smallest absolute Gasteiger partial charge is 0.180 e. The monoisotopic (exact) mass is 493 g/mol. The molecule has 3 aromatic carbocycles. The molecule has 0 spiro atoms. The third-order valence-electron chi connectivity index (χ3n) is 4.34. The second-order valence-corrected chi connectivity index (χ2v) is 8.33. The van der Waals surface area contributed by atoms with Crippen LogP contribution in [0.1, 0.15) is 23.6 Å². The first-order valence-electron chi connectivity index (χ1n) is 9.28. The van der Waals surface area contributed by atoms with Crippen molar-refractivity contribution in [3.8, 4) is 11.5 Å². The molecule has 152 valence electrons. The topological polar surface area (TPSA) is 30.5 Å². The molecule has 6 heteroatoms. The van der Waals surface area contributed by atoms with Crippen LogP contribution >= 0.6 is 39.1 Å². The van der Waals surface area contributed by atoms with Gasteiger partial charge in [0.15, 0.2) is 11.5 Å². The van der Waals surface area contributed by atoms with Gasteiger partial charge in [0.05, 0.1) is 11.6 Å². The zero-order chi connectivity index (χ0) is 20.8. The molecule has 0 aliphatic rings. The van der Waals surface area contributed by atoms with Gasteiger partial charge in [0.25, 0.3) is 0 Å². The summed E-state index contributed by atoms with van der Waals surface area (Å²) in [6, 6.07) is 17.5. The van der Waals surface area contributed by atoms with Gasteiger partial charge >= 0.3 is 0 Å². The summed E-state index contributed by atoms with van der Waals surface area (Å²) < 4.78 is 12.8. The molecule has 0 heterocycles. The number of rotatable bonds is 8. The Labute approximate surface area is 190 Å². The minimum atomic E-state index is 0.382. The van der Waals surface area contributed by atoms with Gasteiger partial charge in [-0.25, -0.2) is 0 Å². The van der Waals surface area contributed by atoms with E-state index in [0.29, 0.717) is 41.3 Å². The van der Waals surface area contributed by atoms with Crippen molar-refractivity contribution in [3.63, 3.8) is 0 Å². The number of aryl methyl sites for hydroxylation is 1. The zero-order valence-corrected chi connectivity index (χ0v) is 19.4. The van der Waals surface area contributed by atoms with Gasteiger partial charge in [0.1, 0.15) is 6.61 Å². The Morgan fingerprint density at radius 1 is 0.931 bits per heavy atom. The van der Waals surface area contributed by atoms with Crippen molar-refractivity contribution in [1.29, 1.82) is 0 Å². The van der Waals surface area contributed by atoms with Gasteiger partial charge < -0.3 is 14.8 Å². The predicted molar refractivity (Wildman–Crippen MR) is 125 cm³/mol. The average Bonchev–Trinajstić information content (AvgIpc) is 2.68. The first-order valence-corrected chi connectivity index (χ1v) is 10.8. The molecule has 0 bridgehead atoms. The van der Waals surface area contributed by atoms with E-state index in [1.54, 1.807) is 0 Å². The largest absolute Gasteiger partial charge is 0.490 e. The summed E-state index contributed by atoms with van der Waals surface area (Å²) >= 11 is 16.0. The SMILES string of the molecule is CCOc1cc(CNc2ccc(Br)cc2C)cc(Cl)c1OCc1ccc(Cl)cc1. The summed E-state index contributed by atoms with van der Waals surface area (Å²) in [6.07, 6.45) is 0. The van der Waals surface area contributed by atoms with Gasteiger partial charge in [-0.05, 0) is 73.0 Å². The van der Waals surface area contributed by atoms with Gasteiger partial charge in [-0.1, -0.05) is 51.3 Å². The second-order valence-electron chi connectivity index (χ2n) is 6.57. The van der Waals surface area contributed by atoms with Crippen LogP contribution in [0.2, 0.25) is 10.0 Å². The van der Waals surface area contributed by atoms with E-state index in [9.17, 15) is 0 Å². The van der Waals surface area contributed by atoms with Crippen molar-refractivity contribution in [1.82, 2.24) is 0 Å². The number of anilines is 1. The van der Waals surface area contributed by atoms with Crippen LogP contribution in [0.25, 0.3) is 0 Å².